The van der Waals surface area contributed by atoms with Crippen molar-refractivity contribution in [2.45, 2.75) is 76.2 Å². The molecule has 26 heavy (non-hydrogen) atoms. The molecule has 5 nitrogen and oxygen atoms in total. The van der Waals surface area contributed by atoms with Crippen molar-refractivity contribution in [2.75, 3.05) is 31.1 Å². The number of hydrogen-bond donors (Lipinski definition) is 1. The van der Waals surface area contributed by atoms with Gasteiger partial charge in [0.25, 0.3) is 0 Å². The Morgan fingerprint density at radius 3 is 2.23 bits per heavy atom. The van der Waals surface area contributed by atoms with Crippen LogP contribution in [0.25, 0.3) is 0 Å². The monoisotopic (exact) mass is 393 g/mol. The van der Waals surface area contributed by atoms with Gasteiger partial charge in [0.2, 0.25) is 5.13 Å². The number of piperazine rings is 1. The fraction of sp³-hybridized carbons (Fsp3) is 0.842. The first-order chi connectivity index (χ1) is 12.8. The van der Waals surface area contributed by atoms with Crippen molar-refractivity contribution in [3.05, 3.63) is 5.01 Å². The zero-order chi connectivity index (χ0) is 17.8. The second kappa shape index (κ2) is 8.83. The summed E-state index contributed by atoms with van der Waals surface area (Å²) in [6.45, 7) is 3.95. The average Bonchev–Trinajstić information content (AvgIpc) is 3.20. The van der Waals surface area contributed by atoms with Gasteiger partial charge in [0, 0.05) is 38.1 Å². The van der Waals surface area contributed by atoms with Gasteiger partial charge in [0.1, 0.15) is 5.01 Å². The van der Waals surface area contributed by atoms with Crippen molar-refractivity contribution in [1.29, 1.82) is 0 Å². The van der Waals surface area contributed by atoms with Crippen LogP contribution in [0.5, 0.6) is 0 Å². The Bertz CT molecular complexity index is 585. The SMILES string of the molecule is S=C(NC1CCCCC1)N1CCN(c2nnc(C3CCCCC3)s2)CC1. The molecular weight excluding hydrogens is 362 g/mol. The minimum absolute atomic E-state index is 0.593. The summed E-state index contributed by atoms with van der Waals surface area (Å²) in [5.74, 6) is 0.656. The van der Waals surface area contributed by atoms with Crippen LogP contribution < -0.4 is 10.2 Å². The minimum Gasteiger partial charge on any atom is -0.360 e. The quantitative estimate of drug-likeness (QED) is 0.786. The molecular formula is C19H31N5S2. The van der Waals surface area contributed by atoms with Crippen molar-refractivity contribution in [3.8, 4) is 0 Å². The smallest absolute Gasteiger partial charge is 0.208 e. The summed E-state index contributed by atoms with van der Waals surface area (Å²) < 4.78 is 0. The molecule has 7 heteroatoms. The molecule has 1 aromatic heterocycles. The number of nitrogens with zero attached hydrogens (tertiary/aromatic N) is 4. The third-order valence-electron chi connectivity index (χ3n) is 6.15. The number of nitrogens with one attached hydrogen (secondary N) is 1. The number of aromatic nitrogens is 2. The summed E-state index contributed by atoms with van der Waals surface area (Å²) in [4.78, 5) is 4.73. The van der Waals surface area contributed by atoms with Gasteiger partial charge in [0.15, 0.2) is 5.11 Å². The van der Waals surface area contributed by atoms with E-state index in [2.05, 4.69) is 25.3 Å². The molecule has 1 N–H and O–H groups in total. The summed E-state index contributed by atoms with van der Waals surface area (Å²) in [5, 5.41) is 16.0. The van der Waals surface area contributed by atoms with Crippen LogP contribution in [0.4, 0.5) is 5.13 Å². The molecule has 1 aliphatic heterocycles. The lowest BCUT2D eigenvalue weighted by Gasteiger charge is -2.37. The van der Waals surface area contributed by atoms with Crippen LogP contribution in [0.2, 0.25) is 0 Å². The van der Waals surface area contributed by atoms with Crippen molar-refractivity contribution < 1.29 is 0 Å². The topological polar surface area (TPSA) is 44.3 Å². The first kappa shape index (κ1) is 18.4. The lowest BCUT2D eigenvalue weighted by atomic mass is 9.90. The molecule has 3 fully saturated rings. The van der Waals surface area contributed by atoms with Crippen molar-refractivity contribution >= 4 is 33.8 Å². The van der Waals surface area contributed by atoms with Gasteiger partial charge in [-0.3, -0.25) is 0 Å². The maximum atomic E-state index is 5.67. The van der Waals surface area contributed by atoms with Crippen LogP contribution >= 0.6 is 23.6 Å². The van der Waals surface area contributed by atoms with Crippen LogP contribution in [0.1, 0.15) is 75.1 Å². The maximum Gasteiger partial charge on any atom is 0.208 e. The van der Waals surface area contributed by atoms with Crippen molar-refractivity contribution in [1.82, 2.24) is 20.4 Å². The first-order valence-corrected chi connectivity index (χ1v) is 11.7. The van der Waals surface area contributed by atoms with Crippen LogP contribution in [0, 0.1) is 0 Å². The second-order valence-corrected chi connectivity index (χ2v) is 9.39. The molecule has 144 valence electrons. The van der Waals surface area contributed by atoms with Crippen LogP contribution in [0.3, 0.4) is 0 Å². The van der Waals surface area contributed by atoms with Gasteiger partial charge in [-0.2, -0.15) is 0 Å². The molecule has 0 amide bonds. The van der Waals surface area contributed by atoms with Gasteiger partial charge in [0.05, 0.1) is 0 Å². The van der Waals surface area contributed by atoms with E-state index >= 15 is 0 Å². The highest BCUT2D eigenvalue weighted by molar-refractivity contribution is 7.80. The molecule has 2 saturated carbocycles. The second-order valence-electron chi connectivity index (χ2n) is 8.02. The molecule has 0 atom stereocenters. The van der Waals surface area contributed by atoms with E-state index in [9.17, 15) is 0 Å². The van der Waals surface area contributed by atoms with Crippen LogP contribution in [0.15, 0.2) is 0 Å². The van der Waals surface area contributed by atoms with Gasteiger partial charge < -0.3 is 15.1 Å². The summed E-state index contributed by atoms with van der Waals surface area (Å²) in [7, 11) is 0. The lowest BCUT2D eigenvalue weighted by molar-refractivity contribution is 0.354. The van der Waals surface area contributed by atoms with Crippen molar-refractivity contribution in [2.24, 2.45) is 0 Å². The zero-order valence-corrected chi connectivity index (χ0v) is 17.3. The fourth-order valence-electron chi connectivity index (χ4n) is 4.48. The van der Waals surface area contributed by atoms with E-state index in [4.69, 9.17) is 12.2 Å². The average molecular weight is 394 g/mol. The summed E-state index contributed by atoms with van der Waals surface area (Å²) in [6, 6.07) is 0.593. The summed E-state index contributed by atoms with van der Waals surface area (Å²) >= 11 is 7.49. The molecule has 3 aliphatic rings. The molecule has 4 rings (SSSR count). The van der Waals surface area contributed by atoms with E-state index in [-0.39, 0.29) is 0 Å². The Morgan fingerprint density at radius 2 is 1.54 bits per heavy atom. The highest BCUT2D eigenvalue weighted by Gasteiger charge is 2.25. The molecule has 0 unspecified atom stereocenters. The van der Waals surface area contributed by atoms with Gasteiger partial charge in [-0.15, -0.1) is 10.2 Å². The number of thiocarbonyl (C=S) groups is 1. The van der Waals surface area contributed by atoms with Gasteiger partial charge in [-0.05, 0) is 37.9 Å². The number of rotatable bonds is 3. The van der Waals surface area contributed by atoms with Gasteiger partial charge in [-0.25, -0.2) is 0 Å². The predicted molar refractivity (Wildman–Crippen MR) is 112 cm³/mol. The Balaban J connectivity index is 1.26. The Hall–Kier alpha value is -0.950. The molecule has 2 aliphatic carbocycles. The Morgan fingerprint density at radius 1 is 0.885 bits per heavy atom. The normalized spacial score (nSPS) is 23.2. The van der Waals surface area contributed by atoms with E-state index < -0.39 is 0 Å². The largest absolute Gasteiger partial charge is 0.360 e. The first-order valence-electron chi connectivity index (χ1n) is 10.4. The van der Waals surface area contributed by atoms with Gasteiger partial charge >= 0.3 is 0 Å². The Labute approximate surface area is 166 Å². The molecule has 0 bridgehead atoms. The number of anilines is 1. The molecule has 0 aromatic carbocycles. The van der Waals surface area contributed by atoms with E-state index in [1.54, 1.807) is 0 Å². The van der Waals surface area contributed by atoms with Gasteiger partial charge in [-0.1, -0.05) is 49.9 Å². The minimum atomic E-state index is 0.593. The Kier molecular flexibility index (Phi) is 6.25. The van der Waals surface area contributed by atoms with E-state index in [0.29, 0.717) is 12.0 Å². The highest BCUT2D eigenvalue weighted by atomic mass is 32.1. The summed E-state index contributed by atoms with van der Waals surface area (Å²) in [5.41, 5.74) is 0. The molecule has 1 aromatic rings. The van der Waals surface area contributed by atoms with E-state index in [1.807, 2.05) is 11.3 Å². The fourth-order valence-corrected chi connectivity index (χ4v) is 5.90. The zero-order valence-electron chi connectivity index (χ0n) is 15.7. The molecule has 2 heterocycles. The third-order valence-corrected chi connectivity index (χ3v) is 7.68. The molecule has 0 spiro atoms. The summed E-state index contributed by atoms with van der Waals surface area (Å²) in [6.07, 6.45) is 13.3. The van der Waals surface area contributed by atoms with E-state index in [0.717, 1.165) is 36.4 Å². The standard InChI is InChI=1S/C19H31N5S2/c25-18(20-16-9-5-2-6-10-16)23-11-13-24(14-12-23)19-22-21-17(26-19)15-7-3-1-4-8-15/h15-16H,1-14H2,(H,20,25). The molecule has 1 saturated heterocycles. The highest BCUT2D eigenvalue weighted by Crippen LogP contribution is 2.36. The third kappa shape index (κ3) is 4.47. The van der Waals surface area contributed by atoms with E-state index in [1.165, 1.54) is 69.2 Å². The number of hydrogen-bond acceptors (Lipinski definition) is 5. The van der Waals surface area contributed by atoms with Crippen LogP contribution in [-0.2, 0) is 0 Å². The predicted octanol–water partition coefficient (Wildman–Crippen LogP) is 3.92. The lowest BCUT2D eigenvalue weighted by Crippen LogP contribution is -2.53. The maximum absolute atomic E-state index is 5.67. The van der Waals surface area contributed by atoms with Crippen LogP contribution in [-0.4, -0.2) is 52.4 Å². The molecule has 0 radical (unpaired) electrons. The van der Waals surface area contributed by atoms with Crippen molar-refractivity contribution in [3.63, 3.8) is 0 Å².